The second-order valence-corrected chi connectivity index (χ2v) is 6.70. The van der Waals surface area contributed by atoms with E-state index in [0.717, 1.165) is 5.92 Å². The fourth-order valence-electron chi connectivity index (χ4n) is 3.62. The highest BCUT2D eigenvalue weighted by atomic mass is 15.3. The summed E-state index contributed by atoms with van der Waals surface area (Å²) in [7, 11) is 0. The van der Waals surface area contributed by atoms with Crippen molar-refractivity contribution < 1.29 is 0 Å². The van der Waals surface area contributed by atoms with Gasteiger partial charge in [-0.3, -0.25) is 4.90 Å². The predicted octanol–water partition coefficient (Wildman–Crippen LogP) is 2.43. The van der Waals surface area contributed by atoms with E-state index in [1.165, 1.54) is 75.5 Å². The van der Waals surface area contributed by atoms with E-state index < -0.39 is 0 Å². The molecule has 0 amide bonds. The molecule has 0 spiro atoms. The van der Waals surface area contributed by atoms with Gasteiger partial charge >= 0.3 is 0 Å². The zero-order valence-electron chi connectivity index (χ0n) is 13.6. The molecule has 2 fully saturated rings. The highest BCUT2D eigenvalue weighted by Crippen LogP contribution is 2.24. The van der Waals surface area contributed by atoms with E-state index >= 15 is 0 Å². The molecule has 0 radical (unpaired) electrons. The van der Waals surface area contributed by atoms with Crippen molar-refractivity contribution in [2.24, 2.45) is 5.92 Å². The summed E-state index contributed by atoms with van der Waals surface area (Å²) < 4.78 is 0. The maximum atomic E-state index is 3.47. The minimum absolute atomic E-state index is 0.919. The lowest BCUT2D eigenvalue weighted by Gasteiger charge is -2.37. The number of aryl methyl sites for hydroxylation is 1. The third kappa shape index (κ3) is 3.58. The van der Waals surface area contributed by atoms with E-state index in [1.807, 2.05) is 0 Å². The average molecular weight is 287 g/mol. The van der Waals surface area contributed by atoms with Gasteiger partial charge in [0.2, 0.25) is 0 Å². The molecule has 2 aliphatic heterocycles. The van der Waals surface area contributed by atoms with Gasteiger partial charge in [-0.1, -0.05) is 12.1 Å². The van der Waals surface area contributed by atoms with Crippen LogP contribution in [-0.2, 0) is 0 Å². The molecule has 0 aromatic heterocycles. The molecule has 0 bridgehead atoms. The monoisotopic (exact) mass is 287 g/mol. The number of nitrogens with one attached hydrogen (secondary N) is 1. The van der Waals surface area contributed by atoms with Gasteiger partial charge < -0.3 is 10.2 Å². The molecule has 1 aromatic carbocycles. The topological polar surface area (TPSA) is 18.5 Å². The summed E-state index contributed by atoms with van der Waals surface area (Å²) in [5, 5.41) is 3.47. The van der Waals surface area contributed by atoms with Crippen LogP contribution in [0.4, 0.5) is 5.69 Å². The lowest BCUT2D eigenvalue weighted by atomic mass is 10.0. The largest absolute Gasteiger partial charge is 0.369 e. The first kappa shape index (κ1) is 14.9. The van der Waals surface area contributed by atoms with Crippen molar-refractivity contribution in [3.8, 4) is 0 Å². The Bertz CT molecular complexity index is 458. The van der Waals surface area contributed by atoms with Crippen molar-refractivity contribution >= 4 is 5.69 Å². The van der Waals surface area contributed by atoms with Crippen LogP contribution in [0.3, 0.4) is 0 Å². The SMILES string of the molecule is Cc1cccc(N2CCN(CCC3CCNC3)CC2)c1C. The first-order valence-corrected chi connectivity index (χ1v) is 8.48. The molecule has 0 saturated carbocycles. The molecule has 21 heavy (non-hydrogen) atoms. The number of hydrogen-bond donors (Lipinski definition) is 1. The van der Waals surface area contributed by atoms with Crippen LogP contribution in [0, 0.1) is 19.8 Å². The molecule has 3 nitrogen and oxygen atoms in total. The summed E-state index contributed by atoms with van der Waals surface area (Å²) in [4.78, 5) is 5.22. The first-order chi connectivity index (χ1) is 10.2. The zero-order valence-corrected chi connectivity index (χ0v) is 13.6. The van der Waals surface area contributed by atoms with Crippen LogP contribution in [0.5, 0.6) is 0 Å². The van der Waals surface area contributed by atoms with Crippen LogP contribution < -0.4 is 10.2 Å². The molecule has 1 aromatic rings. The summed E-state index contributed by atoms with van der Waals surface area (Å²) >= 11 is 0. The van der Waals surface area contributed by atoms with Crippen molar-refractivity contribution in [3.05, 3.63) is 29.3 Å². The summed E-state index contributed by atoms with van der Waals surface area (Å²) in [6, 6.07) is 6.68. The Kier molecular flexibility index (Phi) is 4.81. The van der Waals surface area contributed by atoms with Crippen LogP contribution in [0.2, 0.25) is 0 Å². The van der Waals surface area contributed by atoms with E-state index in [0.29, 0.717) is 0 Å². The van der Waals surface area contributed by atoms with Crippen molar-refractivity contribution in [2.45, 2.75) is 26.7 Å². The van der Waals surface area contributed by atoms with Crippen molar-refractivity contribution in [1.29, 1.82) is 0 Å². The normalized spacial score (nSPS) is 23.7. The fraction of sp³-hybridized carbons (Fsp3) is 0.667. The molecule has 1 unspecified atom stereocenters. The van der Waals surface area contributed by atoms with Gasteiger partial charge in [-0.15, -0.1) is 0 Å². The molecule has 1 N–H and O–H groups in total. The Hall–Kier alpha value is -1.06. The van der Waals surface area contributed by atoms with E-state index in [9.17, 15) is 0 Å². The van der Waals surface area contributed by atoms with Gasteiger partial charge in [-0.05, 0) is 69.4 Å². The number of piperazine rings is 1. The van der Waals surface area contributed by atoms with Crippen molar-refractivity contribution in [1.82, 2.24) is 10.2 Å². The number of nitrogens with zero attached hydrogens (tertiary/aromatic N) is 2. The minimum atomic E-state index is 0.919. The van der Waals surface area contributed by atoms with Gasteiger partial charge in [0.05, 0.1) is 0 Å². The number of rotatable bonds is 4. The minimum Gasteiger partial charge on any atom is -0.369 e. The van der Waals surface area contributed by atoms with Crippen molar-refractivity contribution in [2.75, 3.05) is 50.7 Å². The van der Waals surface area contributed by atoms with Crippen LogP contribution in [0.25, 0.3) is 0 Å². The van der Waals surface area contributed by atoms with Gasteiger partial charge in [0, 0.05) is 31.9 Å². The van der Waals surface area contributed by atoms with Crippen LogP contribution in [-0.4, -0.2) is 50.7 Å². The molecule has 116 valence electrons. The summed E-state index contributed by atoms with van der Waals surface area (Å²) in [6.07, 6.45) is 2.75. The molecule has 2 aliphatic rings. The van der Waals surface area contributed by atoms with Gasteiger partial charge in [0.25, 0.3) is 0 Å². The lowest BCUT2D eigenvalue weighted by molar-refractivity contribution is 0.240. The highest BCUT2D eigenvalue weighted by Gasteiger charge is 2.20. The Labute approximate surface area is 129 Å². The quantitative estimate of drug-likeness (QED) is 0.917. The fourth-order valence-corrected chi connectivity index (χ4v) is 3.62. The standard InChI is InChI=1S/C18H29N3/c1-15-4-3-5-18(16(15)2)21-12-10-20(11-13-21)9-7-17-6-8-19-14-17/h3-5,17,19H,6-14H2,1-2H3. The molecule has 3 heteroatoms. The second-order valence-electron chi connectivity index (χ2n) is 6.70. The molecular weight excluding hydrogens is 258 g/mol. The van der Waals surface area contributed by atoms with Gasteiger partial charge in [-0.25, -0.2) is 0 Å². The third-order valence-corrected chi connectivity index (χ3v) is 5.30. The Balaban J connectivity index is 1.49. The van der Waals surface area contributed by atoms with E-state index in [1.54, 1.807) is 0 Å². The zero-order chi connectivity index (χ0) is 14.7. The van der Waals surface area contributed by atoms with Crippen molar-refractivity contribution in [3.63, 3.8) is 0 Å². The van der Waals surface area contributed by atoms with Gasteiger partial charge in [0.15, 0.2) is 0 Å². The highest BCUT2D eigenvalue weighted by molar-refractivity contribution is 5.56. The van der Waals surface area contributed by atoms with E-state index in [4.69, 9.17) is 0 Å². The summed E-state index contributed by atoms with van der Waals surface area (Å²) in [5.74, 6) is 0.919. The second kappa shape index (κ2) is 6.80. The smallest absolute Gasteiger partial charge is 0.0399 e. The predicted molar refractivity (Wildman–Crippen MR) is 90.2 cm³/mol. The number of anilines is 1. The third-order valence-electron chi connectivity index (χ3n) is 5.30. The van der Waals surface area contributed by atoms with E-state index in [2.05, 4.69) is 47.2 Å². The summed E-state index contributed by atoms with van der Waals surface area (Å²) in [6.45, 7) is 13.0. The van der Waals surface area contributed by atoms with Gasteiger partial charge in [-0.2, -0.15) is 0 Å². The van der Waals surface area contributed by atoms with Crippen LogP contribution in [0.1, 0.15) is 24.0 Å². The van der Waals surface area contributed by atoms with Crippen LogP contribution >= 0.6 is 0 Å². The first-order valence-electron chi connectivity index (χ1n) is 8.48. The lowest BCUT2D eigenvalue weighted by Crippen LogP contribution is -2.47. The molecule has 1 atom stereocenters. The van der Waals surface area contributed by atoms with Gasteiger partial charge in [0.1, 0.15) is 0 Å². The van der Waals surface area contributed by atoms with E-state index in [-0.39, 0.29) is 0 Å². The maximum absolute atomic E-state index is 3.47. The van der Waals surface area contributed by atoms with Crippen LogP contribution in [0.15, 0.2) is 18.2 Å². The Morgan fingerprint density at radius 3 is 2.67 bits per heavy atom. The Morgan fingerprint density at radius 2 is 1.95 bits per heavy atom. The molecular formula is C18H29N3. The molecule has 2 heterocycles. The Morgan fingerprint density at radius 1 is 1.14 bits per heavy atom. The number of hydrogen-bond acceptors (Lipinski definition) is 3. The molecule has 0 aliphatic carbocycles. The molecule has 3 rings (SSSR count). The molecule has 2 saturated heterocycles. The average Bonchev–Trinajstić information content (AvgIpc) is 3.02. The maximum Gasteiger partial charge on any atom is 0.0399 e. The number of benzene rings is 1. The summed E-state index contributed by atoms with van der Waals surface area (Å²) in [5.41, 5.74) is 4.29.